The van der Waals surface area contributed by atoms with Gasteiger partial charge in [0, 0.05) is 0 Å². The van der Waals surface area contributed by atoms with Crippen molar-refractivity contribution in [2.45, 2.75) is 6.54 Å². The van der Waals surface area contributed by atoms with E-state index in [1.54, 1.807) is 17.4 Å². The van der Waals surface area contributed by atoms with E-state index >= 15 is 0 Å². The summed E-state index contributed by atoms with van der Waals surface area (Å²) in [6.07, 6.45) is 0. The van der Waals surface area contributed by atoms with Gasteiger partial charge in [-0.05, 0) is 40.2 Å². The molecular formula is C16H16BrFN3S+. The third-order valence-corrected chi connectivity index (χ3v) is 5.59. The lowest BCUT2D eigenvalue weighted by Crippen LogP contribution is -3.13. The van der Waals surface area contributed by atoms with E-state index in [0.717, 1.165) is 38.4 Å². The van der Waals surface area contributed by atoms with Crippen LogP contribution in [0.15, 0.2) is 34.1 Å². The average molecular weight is 381 g/mol. The van der Waals surface area contributed by atoms with E-state index in [1.807, 2.05) is 12.1 Å². The molecule has 0 saturated carbocycles. The smallest absolute Gasteiger partial charge is 0.143 e. The molecule has 0 atom stereocenters. The molecule has 1 aromatic carbocycles. The van der Waals surface area contributed by atoms with Crippen molar-refractivity contribution in [2.75, 3.05) is 31.1 Å². The number of hydrogen-bond acceptors (Lipinski definition) is 3. The van der Waals surface area contributed by atoms with Gasteiger partial charge in [0.2, 0.25) is 0 Å². The minimum Gasteiger partial charge on any atom is -0.359 e. The number of rotatable bonds is 3. The molecule has 0 bridgehead atoms. The third kappa shape index (κ3) is 3.32. The zero-order valence-electron chi connectivity index (χ0n) is 12.0. The van der Waals surface area contributed by atoms with Crippen LogP contribution in [0.3, 0.4) is 0 Å². The first-order valence-electron chi connectivity index (χ1n) is 7.18. The predicted molar refractivity (Wildman–Crippen MR) is 89.7 cm³/mol. The van der Waals surface area contributed by atoms with Crippen LogP contribution in [0.2, 0.25) is 0 Å². The van der Waals surface area contributed by atoms with E-state index in [0.29, 0.717) is 0 Å². The number of nitrogens with one attached hydrogen (secondary N) is 1. The van der Waals surface area contributed by atoms with Gasteiger partial charge < -0.3 is 9.80 Å². The summed E-state index contributed by atoms with van der Waals surface area (Å²) in [5.41, 5.74) is 0.883. The van der Waals surface area contributed by atoms with E-state index < -0.39 is 5.82 Å². The number of quaternary nitrogens is 1. The fraction of sp³-hybridized carbons (Fsp3) is 0.312. The normalized spacial score (nSPS) is 15.8. The first-order valence-corrected chi connectivity index (χ1v) is 8.79. The SMILES string of the molecule is N#Cc1c(F)cccc1N1CC[NH+](Cc2ccc(Br)s2)CC1. The van der Waals surface area contributed by atoms with Crippen molar-refractivity contribution in [1.29, 1.82) is 5.26 Å². The first kappa shape index (κ1) is 15.5. The van der Waals surface area contributed by atoms with Crippen molar-refractivity contribution < 1.29 is 9.29 Å². The van der Waals surface area contributed by atoms with Crippen molar-refractivity contribution in [1.82, 2.24) is 0 Å². The Morgan fingerprint density at radius 3 is 2.68 bits per heavy atom. The lowest BCUT2D eigenvalue weighted by Gasteiger charge is -2.33. The maximum atomic E-state index is 13.7. The summed E-state index contributed by atoms with van der Waals surface area (Å²) in [5, 5.41) is 9.15. The van der Waals surface area contributed by atoms with Crippen LogP contribution < -0.4 is 9.80 Å². The minimum atomic E-state index is -0.432. The maximum absolute atomic E-state index is 13.7. The summed E-state index contributed by atoms with van der Waals surface area (Å²) in [6.45, 7) is 4.71. The molecule has 1 aliphatic heterocycles. The standard InChI is InChI=1S/C16H15BrFN3S/c17-16-5-4-12(22-16)11-20-6-8-21(9-7-20)15-3-1-2-14(18)13(15)10-19/h1-5H,6-9,11H2/p+1. The molecule has 1 N–H and O–H groups in total. The molecule has 0 amide bonds. The Morgan fingerprint density at radius 1 is 1.27 bits per heavy atom. The lowest BCUT2D eigenvalue weighted by atomic mass is 10.1. The Hall–Kier alpha value is -1.42. The van der Waals surface area contributed by atoms with Crippen LogP contribution in [0.5, 0.6) is 0 Å². The van der Waals surface area contributed by atoms with Crippen molar-refractivity contribution in [2.24, 2.45) is 0 Å². The van der Waals surface area contributed by atoms with E-state index in [1.165, 1.54) is 19.6 Å². The van der Waals surface area contributed by atoms with Crippen LogP contribution in [0, 0.1) is 17.1 Å². The molecule has 0 spiro atoms. The van der Waals surface area contributed by atoms with E-state index in [9.17, 15) is 4.39 Å². The van der Waals surface area contributed by atoms with Gasteiger partial charge in [-0.3, -0.25) is 0 Å². The summed E-state index contributed by atoms with van der Waals surface area (Å²) >= 11 is 5.27. The van der Waals surface area contributed by atoms with Crippen molar-refractivity contribution >= 4 is 33.0 Å². The van der Waals surface area contributed by atoms with Gasteiger partial charge in [0.05, 0.1) is 40.5 Å². The summed E-state index contributed by atoms with van der Waals surface area (Å²) in [6, 6.07) is 11.1. The summed E-state index contributed by atoms with van der Waals surface area (Å²) in [4.78, 5) is 5.02. The Morgan fingerprint density at radius 2 is 2.05 bits per heavy atom. The zero-order chi connectivity index (χ0) is 15.5. The van der Waals surface area contributed by atoms with Gasteiger partial charge in [0.1, 0.15) is 24.0 Å². The van der Waals surface area contributed by atoms with Crippen molar-refractivity contribution in [3.63, 3.8) is 0 Å². The van der Waals surface area contributed by atoms with Crippen LogP contribution in [0.4, 0.5) is 10.1 Å². The number of benzene rings is 1. The molecule has 3 rings (SSSR count). The zero-order valence-corrected chi connectivity index (χ0v) is 14.4. The lowest BCUT2D eigenvalue weighted by molar-refractivity contribution is -0.914. The fourth-order valence-electron chi connectivity index (χ4n) is 2.82. The second-order valence-corrected chi connectivity index (χ2v) is 7.91. The van der Waals surface area contributed by atoms with Gasteiger partial charge in [-0.2, -0.15) is 5.26 Å². The molecule has 0 radical (unpaired) electrons. The summed E-state index contributed by atoms with van der Waals surface area (Å²) in [5.74, 6) is -0.432. The van der Waals surface area contributed by atoms with E-state index in [-0.39, 0.29) is 5.56 Å². The number of nitriles is 1. The van der Waals surface area contributed by atoms with Gasteiger partial charge in [0.25, 0.3) is 0 Å². The molecule has 1 aromatic heterocycles. The predicted octanol–water partition coefficient (Wildman–Crippen LogP) is 2.43. The molecule has 0 unspecified atom stereocenters. The highest BCUT2D eigenvalue weighted by atomic mass is 79.9. The highest BCUT2D eigenvalue weighted by Gasteiger charge is 2.23. The second-order valence-electron chi connectivity index (χ2n) is 5.37. The van der Waals surface area contributed by atoms with Crippen LogP contribution in [-0.4, -0.2) is 26.2 Å². The van der Waals surface area contributed by atoms with E-state index in [4.69, 9.17) is 5.26 Å². The highest BCUT2D eigenvalue weighted by Crippen LogP contribution is 2.23. The van der Waals surface area contributed by atoms with E-state index in [2.05, 4.69) is 33.0 Å². The molecule has 0 aliphatic carbocycles. The van der Waals surface area contributed by atoms with Crippen LogP contribution >= 0.6 is 27.3 Å². The van der Waals surface area contributed by atoms with Crippen molar-refractivity contribution in [3.05, 3.63) is 50.4 Å². The van der Waals surface area contributed by atoms with Gasteiger partial charge in [0.15, 0.2) is 0 Å². The quantitative estimate of drug-likeness (QED) is 0.886. The monoisotopic (exact) mass is 380 g/mol. The number of piperazine rings is 1. The van der Waals surface area contributed by atoms with Crippen molar-refractivity contribution in [3.8, 4) is 6.07 Å². The number of anilines is 1. The Balaban J connectivity index is 1.65. The van der Waals surface area contributed by atoms with Gasteiger partial charge >= 0.3 is 0 Å². The summed E-state index contributed by atoms with van der Waals surface area (Å²) < 4.78 is 14.9. The Bertz CT molecular complexity index is 702. The fourth-order valence-corrected chi connectivity index (χ4v) is 4.38. The Kier molecular flexibility index (Phi) is 4.77. The maximum Gasteiger partial charge on any atom is 0.143 e. The van der Waals surface area contributed by atoms with Crippen LogP contribution in [0.1, 0.15) is 10.4 Å². The van der Waals surface area contributed by atoms with Gasteiger partial charge in [-0.1, -0.05) is 6.07 Å². The molecule has 22 heavy (non-hydrogen) atoms. The molecule has 6 heteroatoms. The Labute approximate surface area is 141 Å². The average Bonchev–Trinajstić information content (AvgIpc) is 2.93. The number of thiophene rings is 1. The molecule has 2 aromatic rings. The topological polar surface area (TPSA) is 31.5 Å². The second kappa shape index (κ2) is 6.78. The largest absolute Gasteiger partial charge is 0.359 e. The molecule has 1 saturated heterocycles. The summed E-state index contributed by atoms with van der Waals surface area (Å²) in [7, 11) is 0. The highest BCUT2D eigenvalue weighted by molar-refractivity contribution is 9.11. The van der Waals surface area contributed by atoms with Gasteiger partial charge in [-0.15, -0.1) is 11.3 Å². The van der Waals surface area contributed by atoms with Gasteiger partial charge in [-0.25, -0.2) is 4.39 Å². The third-order valence-electron chi connectivity index (χ3n) is 3.97. The molecular weight excluding hydrogens is 365 g/mol. The molecule has 114 valence electrons. The number of nitrogens with zero attached hydrogens (tertiary/aromatic N) is 2. The molecule has 1 aliphatic rings. The van der Waals surface area contributed by atoms with Crippen LogP contribution in [0.25, 0.3) is 0 Å². The van der Waals surface area contributed by atoms with Crippen LogP contribution in [-0.2, 0) is 6.54 Å². The minimum absolute atomic E-state index is 0.160. The molecule has 1 fully saturated rings. The number of halogens is 2. The molecule has 2 heterocycles. The molecule has 3 nitrogen and oxygen atoms in total. The number of hydrogen-bond donors (Lipinski definition) is 1. The first-order chi connectivity index (χ1) is 10.7.